The molecule has 2 aromatic heterocycles. The van der Waals surface area contributed by atoms with E-state index in [0.29, 0.717) is 0 Å². The van der Waals surface area contributed by atoms with Gasteiger partial charge in [0.1, 0.15) is 0 Å². The second-order valence-corrected chi connectivity index (χ2v) is 6.76. The number of amides is 1. The molecule has 6 nitrogen and oxygen atoms in total. The third kappa shape index (κ3) is 3.75. The smallest absolute Gasteiger partial charge is 0.253 e. The van der Waals surface area contributed by atoms with E-state index in [2.05, 4.69) is 28.0 Å². The van der Waals surface area contributed by atoms with Gasteiger partial charge in [0.15, 0.2) is 0 Å². The number of hydrogen-bond donors (Lipinski definition) is 0. The zero-order valence-corrected chi connectivity index (χ0v) is 15.4. The number of aromatic nitrogens is 3. The Kier molecular flexibility index (Phi) is 4.98. The summed E-state index contributed by atoms with van der Waals surface area (Å²) in [6, 6.07) is 15.8. The van der Waals surface area contributed by atoms with Gasteiger partial charge in [0.05, 0.1) is 11.4 Å². The van der Waals surface area contributed by atoms with Gasteiger partial charge in [0.25, 0.3) is 5.91 Å². The number of pyridine rings is 1. The lowest BCUT2D eigenvalue weighted by Gasteiger charge is -2.37. The summed E-state index contributed by atoms with van der Waals surface area (Å²) < 4.78 is 1.78. The molecule has 1 aromatic carbocycles. The van der Waals surface area contributed by atoms with E-state index in [1.54, 1.807) is 10.9 Å². The van der Waals surface area contributed by atoms with E-state index in [4.69, 9.17) is 0 Å². The number of nitrogens with zero attached hydrogens (tertiary/aromatic N) is 5. The van der Waals surface area contributed by atoms with Gasteiger partial charge in [-0.2, -0.15) is 5.10 Å². The van der Waals surface area contributed by atoms with Crippen LogP contribution < -0.4 is 0 Å². The molecule has 0 unspecified atom stereocenters. The van der Waals surface area contributed by atoms with Crippen molar-refractivity contribution in [2.45, 2.75) is 13.0 Å². The van der Waals surface area contributed by atoms with Crippen LogP contribution in [0.1, 0.15) is 29.0 Å². The molecule has 1 atom stereocenters. The fraction of sp³-hybridized carbons (Fsp3) is 0.286. The van der Waals surface area contributed by atoms with Crippen LogP contribution in [0.4, 0.5) is 0 Å². The molecular formula is C21H23N5O. The Morgan fingerprint density at radius 3 is 2.37 bits per heavy atom. The van der Waals surface area contributed by atoms with Crippen LogP contribution in [0.2, 0.25) is 0 Å². The SMILES string of the molecule is C[C@@H](c1ccccn1)N1CCN(C(=O)c2ccc(-n3cccn3)cc2)CC1. The fourth-order valence-electron chi connectivity index (χ4n) is 3.48. The Bertz CT molecular complexity index is 869. The van der Waals surface area contributed by atoms with Crippen LogP contribution >= 0.6 is 0 Å². The molecule has 6 heteroatoms. The van der Waals surface area contributed by atoms with Crippen LogP contribution in [0.25, 0.3) is 5.69 Å². The van der Waals surface area contributed by atoms with Crippen LogP contribution in [-0.2, 0) is 0 Å². The molecular weight excluding hydrogens is 338 g/mol. The third-order valence-electron chi connectivity index (χ3n) is 5.15. The highest BCUT2D eigenvalue weighted by Gasteiger charge is 2.25. The lowest BCUT2D eigenvalue weighted by atomic mass is 10.1. The molecule has 0 spiro atoms. The van der Waals surface area contributed by atoms with Gasteiger partial charge in [-0.25, -0.2) is 4.68 Å². The first-order valence-corrected chi connectivity index (χ1v) is 9.27. The fourth-order valence-corrected chi connectivity index (χ4v) is 3.48. The Morgan fingerprint density at radius 1 is 0.963 bits per heavy atom. The largest absolute Gasteiger partial charge is 0.336 e. The van der Waals surface area contributed by atoms with Crippen molar-refractivity contribution in [3.63, 3.8) is 0 Å². The number of carbonyl (C=O) groups excluding carboxylic acids is 1. The van der Waals surface area contributed by atoms with Crippen molar-refractivity contribution < 1.29 is 4.79 Å². The maximum Gasteiger partial charge on any atom is 0.253 e. The molecule has 3 heterocycles. The van der Waals surface area contributed by atoms with Crippen LogP contribution in [0.5, 0.6) is 0 Å². The van der Waals surface area contributed by atoms with Crippen molar-refractivity contribution in [2.24, 2.45) is 0 Å². The topological polar surface area (TPSA) is 54.3 Å². The lowest BCUT2D eigenvalue weighted by Crippen LogP contribution is -2.49. The highest BCUT2D eigenvalue weighted by atomic mass is 16.2. The third-order valence-corrected chi connectivity index (χ3v) is 5.15. The summed E-state index contributed by atoms with van der Waals surface area (Å²) in [6.45, 7) is 5.35. The highest BCUT2D eigenvalue weighted by molar-refractivity contribution is 5.94. The molecule has 0 radical (unpaired) electrons. The highest BCUT2D eigenvalue weighted by Crippen LogP contribution is 2.20. The van der Waals surface area contributed by atoms with Crippen LogP contribution in [0.3, 0.4) is 0 Å². The average Bonchev–Trinajstić information content (AvgIpc) is 3.28. The van der Waals surface area contributed by atoms with Crippen LogP contribution in [0.15, 0.2) is 67.1 Å². The van der Waals surface area contributed by atoms with Gasteiger partial charge in [-0.3, -0.25) is 14.7 Å². The van der Waals surface area contributed by atoms with Crippen molar-refractivity contribution in [3.8, 4) is 5.69 Å². The molecule has 27 heavy (non-hydrogen) atoms. The number of benzene rings is 1. The van der Waals surface area contributed by atoms with Gasteiger partial charge in [-0.15, -0.1) is 0 Å². The van der Waals surface area contributed by atoms with Gasteiger partial charge in [0, 0.05) is 56.4 Å². The number of piperazine rings is 1. The molecule has 1 aliphatic heterocycles. The Labute approximate surface area is 159 Å². The summed E-state index contributed by atoms with van der Waals surface area (Å²) >= 11 is 0. The molecule has 0 bridgehead atoms. The van der Waals surface area contributed by atoms with E-state index in [0.717, 1.165) is 43.1 Å². The summed E-state index contributed by atoms with van der Waals surface area (Å²) in [6.07, 6.45) is 5.46. The number of carbonyl (C=O) groups is 1. The molecule has 0 aliphatic carbocycles. The zero-order chi connectivity index (χ0) is 18.6. The summed E-state index contributed by atoms with van der Waals surface area (Å²) in [5.41, 5.74) is 2.74. The molecule has 138 valence electrons. The number of hydrogen-bond acceptors (Lipinski definition) is 4. The zero-order valence-electron chi connectivity index (χ0n) is 15.4. The monoisotopic (exact) mass is 361 g/mol. The average molecular weight is 361 g/mol. The molecule has 1 aliphatic rings. The first-order valence-electron chi connectivity index (χ1n) is 9.27. The van der Waals surface area contributed by atoms with E-state index in [9.17, 15) is 4.79 Å². The molecule has 1 saturated heterocycles. The van der Waals surface area contributed by atoms with Crippen LogP contribution in [0, 0.1) is 0 Å². The van der Waals surface area contributed by atoms with E-state index >= 15 is 0 Å². The van der Waals surface area contributed by atoms with E-state index in [1.165, 1.54) is 0 Å². The quantitative estimate of drug-likeness (QED) is 0.717. The minimum absolute atomic E-state index is 0.0900. The van der Waals surface area contributed by atoms with Crippen LogP contribution in [-0.4, -0.2) is 56.7 Å². The maximum atomic E-state index is 12.8. The van der Waals surface area contributed by atoms with Gasteiger partial charge in [-0.05, 0) is 49.4 Å². The number of rotatable bonds is 4. The minimum Gasteiger partial charge on any atom is -0.336 e. The Balaban J connectivity index is 1.37. The summed E-state index contributed by atoms with van der Waals surface area (Å²) in [7, 11) is 0. The van der Waals surface area contributed by atoms with Crippen molar-refractivity contribution in [3.05, 3.63) is 78.4 Å². The second kappa shape index (κ2) is 7.72. The molecule has 4 rings (SSSR count). The summed E-state index contributed by atoms with van der Waals surface area (Å²) in [5, 5.41) is 4.21. The van der Waals surface area contributed by atoms with Crippen molar-refractivity contribution in [1.82, 2.24) is 24.6 Å². The lowest BCUT2D eigenvalue weighted by molar-refractivity contribution is 0.0579. The van der Waals surface area contributed by atoms with Gasteiger partial charge in [0.2, 0.25) is 0 Å². The van der Waals surface area contributed by atoms with Crippen molar-refractivity contribution >= 4 is 5.91 Å². The second-order valence-electron chi connectivity index (χ2n) is 6.76. The molecule has 3 aromatic rings. The van der Waals surface area contributed by atoms with E-state index in [1.807, 2.05) is 59.8 Å². The van der Waals surface area contributed by atoms with Crippen molar-refractivity contribution in [2.75, 3.05) is 26.2 Å². The first-order chi connectivity index (χ1) is 13.2. The van der Waals surface area contributed by atoms with Gasteiger partial charge < -0.3 is 4.90 Å². The molecule has 1 amide bonds. The predicted octanol–water partition coefficient (Wildman–Crippen LogP) is 2.79. The normalized spacial score (nSPS) is 16.3. The van der Waals surface area contributed by atoms with E-state index < -0.39 is 0 Å². The van der Waals surface area contributed by atoms with Gasteiger partial charge >= 0.3 is 0 Å². The minimum atomic E-state index is 0.0900. The molecule has 0 N–H and O–H groups in total. The predicted molar refractivity (Wildman–Crippen MR) is 104 cm³/mol. The summed E-state index contributed by atoms with van der Waals surface area (Å²) in [4.78, 5) is 21.6. The molecule has 0 saturated carbocycles. The first kappa shape index (κ1) is 17.4. The molecule has 1 fully saturated rings. The Hall–Kier alpha value is -2.99. The van der Waals surface area contributed by atoms with Gasteiger partial charge in [-0.1, -0.05) is 6.07 Å². The van der Waals surface area contributed by atoms with Crippen molar-refractivity contribution in [1.29, 1.82) is 0 Å². The standard InChI is InChI=1S/C21H23N5O/c1-17(20-5-2-3-10-22-20)24-13-15-25(16-14-24)21(27)18-6-8-19(9-7-18)26-12-4-11-23-26/h2-12,17H,13-16H2,1H3/t17-/m0/s1. The maximum absolute atomic E-state index is 12.8. The summed E-state index contributed by atoms with van der Waals surface area (Å²) in [5.74, 6) is 0.0900. The van der Waals surface area contributed by atoms with E-state index in [-0.39, 0.29) is 11.9 Å². The Morgan fingerprint density at radius 2 is 1.74 bits per heavy atom.